The summed E-state index contributed by atoms with van der Waals surface area (Å²) < 4.78 is 18.7. The first kappa shape index (κ1) is 10.9. The highest BCUT2D eigenvalue weighted by Crippen LogP contribution is 2.24. The van der Waals surface area contributed by atoms with Crippen LogP contribution in [0.2, 0.25) is 5.02 Å². The zero-order chi connectivity index (χ0) is 11.5. The number of benzene rings is 1. The van der Waals surface area contributed by atoms with Crippen LogP contribution in [0.4, 0.5) is 4.39 Å². The van der Waals surface area contributed by atoms with Crippen LogP contribution in [0.5, 0.6) is 11.6 Å². The lowest BCUT2D eigenvalue weighted by Gasteiger charge is -2.06. The topological polar surface area (TPSA) is 22.1 Å². The predicted octanol–water partition coefficient (Wildman–Crippen LogP) is 3.97. The largest absolute Gasteiger partial charge is 0.436 e. The number of hydrogen-bond acceptors (Lipinski definition) is 2. The van der Waals surface area contributed by atoms with E-state index in [2.05, 4.69) is 4.98 Å². The third kappa shape index (κ3) is 2.49. The zero-order valence-corrected chi connectivity index (χ0v) is 9.33. The second-order valence-electron chi connectivity index (χ2n) is 3.36. The maximum atomic E-state index is 13.4. The van der Waals surface area contributed by atoms with E-state index in [-0.39, 0.29) is 10.9 Å². The smallest absolute Gasteiger partial charge is 0.255 e. The highest BCUT2D eigenvalue weighted by molar-refractivity contribution is 6.30. The molecule has 0 unspecified atom stereocenters. The highest BCUT2D eigenvalue weighted by atomic mass is 35.5. The summed E-state index contributed by atoms with van der Waals surface area (Å²) in [6, 6.07) is 8.47. The van der Waals surface area contributed by atoms with Crippen LogP contribution in [0.15, 0.2) is 36.5 Å². The van der Waals surface area contributed by atoms with Gasteiger partial charge in [-0.3, -0.25) is 0 Å². The lowest BCUT2D eigenvalue weighted by atomic mass is 10.2. The Hall–Kier alpha value is -1.61. The molecule has 0 saturated heterocycles. The molecule has 0 aliphatic carbocycles. The SMILES string of the molecule is Cc1cccc(Oc2ncc(Cl)cc2F)c1. The predicted molar refractivity (Wildman–Crippen MR) is 60.5 cm³/mol. The number of hydrogen-bond donors (Lipinski definition) is 0. The summed E-state index contributed by atoms with van der Waals surface area (Å²) in [4.78, 5) is 3.77. The Morgan fingerprint density at radius 1 is 1.31 bits per heavy atom. The molecule has 1 aromatic heterocycles. The van der Waals surface area contributed by atoms with E-state index in [4.69, 9.17) is 16.3 Å². The fourth-order valence-corrected chi connectivity index (χ4v) is 1.41. The molecule has 0 atom stereocenters. The van der Waals surface area contributed by atoms with Gasteiger partial charge in [-0.25, -0.2) is 9.37 Å². The minimum Gasteiger partial charge on any atom is -0.436 e. The van der Waals surface area contributed by atoms with E-state index in [1.807, 2.05) is 19.1 Å². The van der Waals surface area contributed by atoms with Crippen molar-refractivity contribution >= 4 is 11.6 Å². The monoisotopic (exact) mass is 237 g/mol. The molecule has 0 aliphatic rings. The first-order chi connectivity index (χ1) is 7.65. The van der Waals surface area contributed by atoms with E-state index in [0.29, 0.717) is 5.75 Å². The molecule has 16 heavy (non-hydrogen) atoms. The van der Waals surface area contributed by atoms with Gasteiger partial charge in [0.1, 0.15) is 5.75 Å². The second-order valence-corrected chi connectivity index (χ2v) is 3.80. The van der Waals surface area contributed by atoms with E-state index < -0.39 is 5.82 Å². The van der Waals surface area contributed by atoms with Gasteiger partial charge in [0.15, 0.2) is 5.82 Å². The van der Waals surface area contributed by atoms with Gasteiger partial charge in [0, 0.05) is 6.20 Å². The summed E-state index contributed by atoms with van der Waals surface area (Å²) >= 11 is 5.59. The van der Waals surface area contributed by atoms with E-state index in [9.17, 15) is 4.39 Å². The molecule has 1 heterocycles. The van der Waals surface area contributed by atoms with Crippen molar-refractivity contribution < 1.29 is 9.13 Å². The summed E-state index contributed by atoms with van der Waals surface area (Å²) in [5.41, 5.74) is 1.03. The fourth-order valence-electron chi connectivity index (χ4n) is 1.27. The van der Waals surface area contributed by atoms with Gasteiger partial charge < -0.3 is 4.74 Å². The Kier molecular flexibility index (Phi) is 3.06. The van der Waals surface area contributed by atoms with Gasteiger partial charge in [0.25, 0.3) is 5.88 Å². The number of ether oxygens (including phenoxy) is 1. The molecule has 2 aromatic rings. The van der Waals surface area contributed by atoms with E-state index in [1.165, 1.54) is 12.3 Å². The van der Waals surface area contributed by atoms with Gasteiger partial charge in [-0.1, -0.05) is 23.7 Å². The maximum Gasteiger partial charge on any atom is 0.255 e. The van der Waals surface area contributed by atoms with E-state index in [1.54, 1.807) is 12.1 Å². The molecule has 0 radical (unpaired) electrons. The van der Waals surface area contributed by atoms with Crippen molar-refractivity contribution in [2.45, 2.75) is 6.92 Å². The quantitative estimate of drug-likeness (QED) is 0.788. The summed E-state index contributed by atoms with van der Waals surface area (Å²) in [7, 11) is 0. The Bertz CT molecular complexity index is 516. The van der Waals surface area contributed by atoms with Crippen molar-refractivity contribution in [3.63, 3.8) is 0 Å². The van der Waals surface area contributed by atoms with Crippen LogP contribution in [-0.4, -0.2) is 4.98 Å². The molecule has 0 spiro atoms. The molecule has 4 heteroatoms. The van der Waals surface area contributed by atoms with Gasteiger partial charge in [0.05, 0.1) is 5.02 Å². The van der Waals surface area contributed by atoms with Crippen LogP contribution in [0.25, 0.3) is 0 Å². The van der Waals surface area contributed by atoms with Crippen LogP contribution in [-0.2, 0) is 0 Å². The number of halogens is 2. The summed E-state index contributed by atoms with van der Waals surface area (Å²) in [5, 5.41) is 0.245. The Morgan fingerprint density at radius 2 is 2.12 bits per heavy atom. The van der Waals surface area contributed by atoms with Crippen molar-refractivity contribution in [1.82, 2.24) is 4.98 Å². The van der Waals surface area contributed by atoms with Crippen LogP contribution in [0.3, 0.4) is 0 Å². The van der Waals surface area contributed by atoms with Crippen molar-refractivity contribution in [3.05, 3.63) is 52.9 Å². The minimum absolute atomic E-state index is 0.0741. The summed E-state index contributed by atoms with van der Waals surface area (Å²) in [5.74, 6) is -0.0993. The van der Waals surface area contributed by atoms with Crippen LogP contribution < -0.4 is 4.74 Å². The van der Waals surface area contributed by atoms with Gasteiger partial charge in [-0.05, 0) is 30.7 Å². The van der Waals surface area contributed by atoms with Gasteiger partial charge in [-0.15, -0.1) is 0 Å². The third-order valence-corrected chi connectivity index (χ3v) is 2.18. The highest BCUT2D eigenvalue weighted by Gasteiger charge is 2.06. The average molecular weight is 238 g/mol. The molecule has 0 saturated carbocycles. The molecule has 1 aromatic carbocycles. The van der Waals surface area contributed by atoms with Gasteiger partial charge in [0.2, 0.25) is 0 Å². The number of aromatic nitrogens is 1. The van der Waals surface area contributed by atoms with Crippen molar-refractivity contribution in [2.24, 2.45) is 0 Å². The lowest BCUT2D eigenvalue weighted by Crippen LogP contribution is -1.91. The average Bonchev–Trinajstić information content (AvgIpc) is 2.22. The molecule has 0 N–H and O–H groups in total. The van der Waals surface area contributed by atoms with Crippen molar-refractivity contribution in [2.75, 3.05) is 0 Å². The number of pyridine rings is 1. The Morgan fingerprint density at radius 3 is 2.81 bits per heavy atom. The van der Waals surface area contributed by atoms with Crippen molar-refractivity contribution in [3.8, 4) is 11.6 Å². The van der Waals surface area contributed by atoms with Crippen molar-refractivity contribution in [1.29, 1.82) is 0 Å². The number of nitrogens with zero attached hydrogens (tertiary/aromatic N) is 1. The zero-order valence-electron chi connectivity index (χ0n) is 8.58. The number of rotatable bonds is 2. The fraction of sp³-hybridized carbons (Fsp3) is 0.0833. The Balaban J connectivity index is 2.27. The molecule has 0 bridgehead atoms. The van der Waals surface area contributed by atoms with Crippen LogP contribution >= 0.6 is 11.6 Å². The van der Waals surface area contributed by atoms with Gasteiger partial charge >= 0.3 is 0 Å². The van der Waals surface area contributed by atoms with E-state index >= 15 is 0 Å². The van der Waals surface area contributed by atoms with Crippen LogP contribution in [0, 0.1) is 12.7 Å². The summed E-state index contributed by atoms with van der Waals surface area (Å²) in [6.45, 7) is 1.93. The molecule has 0 aliphatic heterocycles. The molecule has 0 fully saturated rings. The first-order valence-corrected chi connectivity index (χ1v) is 5.08. The molecular formula is C12H9ClFNO. The number of aryl methyl sites for hydroxylation is 1. The standard InChI is InChI=1S/C12H9ClFNO/c1-8-3-2-4-10(5-8)16-12-11(14)6-9(13)7-15-12/h2-7H,1H3. The summed E-state index contributed by atoms with van der Waals surface area (Å²) in [6.07, 6.45) is 1.34. The Labute approximate surface area is 97.7 Å². The minimum atomic E-state index is -0.575. The molecule has 2 nitrogen and oxygen atoms in total. The third-order valence-electron chi connectivity index (χ3n) is 1.98. The second kappa shape index (κ2) is 4.49. The van der Waals surface area contributed by atoms with E-state index in [0.717, 1.165) is 5.56 Å². The normalized spacial score (nSPS) is 10.2. The molecule has 0 amide bonds. The first-order valence-electron chi connectivity index (χ1n) is 4.71. The molecule has 82 valence electrons. The molecular weight excluding hydrogens is 229 g/mol. The van der Waals surface area contributed by atoms with Crippen LogP contribution in [0.1, 0.15) is 5.56 Å². The maximum absolute atomic E-state index is 13.4. The lowest BCUT2D eigenvalue weighted by molar-refractivity contribution is 0.422. The molecule has 2 rings (SSSR count). The van der Waals surface area contributed by atoms with Gasteiger partial charge in [-0.2, -0.15) is 0 Å².